The van der Waals surface area contributed by atoms with Gasteiger partial charge < -0.3 is 10.4 Å². The van der Waals surface area contributed by atoms with Gasteiger partial charge in [-0.1, -0.05) is 0 Å². The van der Waals surface area contributed by atoms with Gasteiger partial charge in [0, 0.05) is 16.8 Å². The predicted molar refractivity (Wildman–Crippen MR) is 82.7 cm³/mol. The number of hydrogen-bond acceptors (Lipinski definition) is 6. The van der Waals surface area contributed by atoms with Gasteiger partial charge >= 0.3 is 0 Å². The molecule has 124 valence electrons. The van der Waals surface area contributed by atoms with Crippen molar-refractivity contribution in [2.45, 2.75) is 4.90 Å². The van der Waals surface area contributed by atoms with E-state index in [4.69, 9.17) is 5.11 Å². The second-order valence-corrected chi connectivity index (χ2v) is 7.57. The van der Waals surface area contributed by atoms with Gasteiger partial charge in [0.05, 0.1) is 23.7 Å². The molecule has 0 aromatic heterocycles. The van der Waals surface area contributed by atoms with Crippen LogP contribution in [-0.4, -0.2) is 49.6 Å². The summed E-state index contributed by atoms with van der Waals surface area (Å²) in [6.07, 6.45) is 1.92. The molecule has 1 heterocycles. The quantitative estimate of drug-likeness (QED) is 0.695. The number of benzene rings is 1. The first-order chi connectivity index (χ1) is 10.6. The second-order valence-electron chi connectivity index (χ2n) is 4.74. The van der Waals surface area contributed by atoms with Crippen molar-refractivity contribution in [2.75, 3.05) is 24.7 Å². The van der Waals surface area contributed by atoms with Crippen molar-refractivity contribution < 1.29 is 27.5 Å². The van der Waals surface area contributed by atoms with Gasteiger partial charge in [-0.2, -0.15) is 0 Å². The Labute approximate surface area is 139 Å². The van der Waals surface area contributed by atoms with Gasteiger partial charge in [0.2, 0.25) is 0 Å². The van der Waals surface area contributed by atoms with Crippen molar-refractivity contribution in [3.63, 3.8) is 0 Å². The molecule has 1 aliphatic rings. The molecule has 0 unspecified atom stereocenters. The summed E-state index contributed by atoms with van der Waals surface area (Å²) in [7, 11) is -3.62. The number of β-amino-alcohol motifs (C(OH)–C–C–N with tert-alkyl or cyclic N) is 1. The summed E-state index contributed by atoms with van der Waals surface area (Å²) in [6, 6.07) is 1.98. The average Bonchev–Trinajstić information content (AvgIpc) is 2.69. The minimum absolute atomic E-state index is 0.119. The Kier molecular flexibility index (Phi) is 4.87. The number of halogens is 2. The van der Waals surface area contributed by atoms with E-state index in [1.807, 2.05) is 0 Å². The van der Waals surface area contributed by atoms with E-state index in [9.17, 15) is 22.4 Å². The van der Waals surface area contributed by atoms with E-state index in [0.29, 0.717) is 0 Å². The zero-order valence-corrected chi connectivity index (χ0v) is 14.2. The fraction of sp³-hybridized carbons (Fsp3) is 0.231. The summed E-state index contributed by atoms with van der Waals surface area (Å²) < 4.78 is 37.2. The monoisotopic (exact) mass is 406 g/mol. The summed E-state index contributed by atoms with van der Waals surface area (Å²) in [5.41, 5.74) is -0.330. The Bertz CT molecular complexity index is 822. The van der Waals surface area contributed by atoms with Gasteiger partial charge in [0.25, 0.3) is 11.8 Å². The van der Waals surface area contributed by atoms with Crippen LogP contribution in [0, 0.1) is 5.82 Å². The number of hydrogen-bond donors (Lipinski definition) is 2. The van der Waals surface area contributed by atoms with Crippen LogP contribution in [0.3, 0.4) is 0 Å². The fourth-order valence-electron chi connectivity index (χ4n) is 1.96. The molecule has 0 radical (unpaired) electrons. The third kappa shape index (κ3) is 3.59. The first kappa shape index (κ1) is 17.6. The normalized spacial score (nSPS) is 15.1. The van der Waals surface area contributed by atoms with Crippen molar-refractivity contribution in [3.8, 4) is 0 Å². The first-order valence-electron chi connectivity index (χ1n) is 6.29. The lowest BCUT2D eigenvalue weighted by molar-refractivity contribution is -0.137. The van der Waals surface area contributed by atoms with Crippen LogP contribution in [0.4, 0.5) is 10.1 Å². The number of rotatable bonds is 5. The minimum Gasteiger partial charge on any atom is -0.395 e. The Morgan fingerprint density at radius 3 is 2.57 bits per heavy atom. The Hall–Kier alpha value is -1.78. The number of amides is 2. The van der Waals surface area contributed by atoms with Gasteiger partial charge in [0.1, 0.15) is 11.5 Å². The molecule has 7 nitrogen and oxygen atoms in total. The highest BCUT2D eigenvalue weighted by Gasteiger charge is 2.31. The number of carbonyl (C=O) groups excluding carboxylic acids is 2. The number of imide groups is 1. The largest absolute Gasteiger partial charge is 0.395 e. The number of aliphatic hydroxyl groups excluding tert-OH is 1. The second kappa shape index (κ2) is 6.38. The fourth-order valence-corrected chi connectivity index (χ4v) is 3.92. The van der Waals surface area contributed by atoms with Gasteiger partial charge in [-0.25, -0.2) is 12.8 Å². The number of carbonyl (C=O) groups is 2. The van der Waals surface area contributed by atoms with E-state index in [2.05, 4.69) is 21.2 Å². The smallest absolute Gasteiger partial charge is 0.277 e. The summed E-state index contributed by atoms with van der Waals surface area (Å²) in [5.74, 6) is -2.22. The lowest BCUT2D eigenvalue weighted by atomic mass is 10.3. The van der Waals surface area contributed by atoms with Crippen molar-refractivity contribution in [3.05, 3.63) is 34.2 Å². The average molecular weight is 407 g/mol. The maximum atomic E-state index is 14.1. The van der Waals surface area contributed by atoms with Crippen LogP contribution in [-0.2, 0) is 19.4 Å². The van der Waals surface area contributed by atoms with E-state index < -0.39 is 27.5 Å². The molecule has 0 aliphatic carbocycles. The van der Waals surface area contributed by atoms with Crippen molar-refractivity contribution in [1.82, 2.24) is 4.90 Å². The maximum absolute atomic E-state index is 14.1. The van der Waals surface area contributed by atoms with Crippen LogP contribution in [0.25, 0.3) is 0 Å². The highest BCUT2D eigenvalue weighted by atomic mass is 79.9. The highest BCUT2D eigenvalue weighted by Crippen LogP contribution is 2.29. The van der Waals surface area contributed by atoms with E-state index >= 15 is 0 Å². The third-order valence-electron chi connectivity index (χ3n) is 3.02. The van der Waals surface area contributed by atoms with Crippen LogP contribution >= 0.6 is 15.9 Å². The highest BCUT2D eigenvalue weighted by molar-refractivity contribution is 9.10. The number of nitrogens with one attached hydrogen (secondary N) is 1. The number of sulfone groups is 1. The predicted octanol–water partition coefficient (Wildman–Crippen LogP) is 0.649. The standard InChI is InChI=1S/C13H12BrFN2O5S/c1-23(21,22)11-5-8(15)9(4-7(11)14)16-10-6-12(19)17(2-3-18)13(10)20/h4-6,16,18H,2-3H2,1H3. The summed E-state index contributed by atoms with van der Waals surface area (Å²) in [6.45, 7) is -0.555. The topological polar surface area (TPSA) is 104 Å². The number of aliphatic hydroxyl groups is 1. The van der Waals surface area contributed by atoms with Crippen LogP contribution < -0.4 is 5.32 Å². The van der Waals surface area contributed by atoms with E-state index in [1.54, 1.807) is 0 Å². The molecule has 0 atom stereocenters. The summed E-state index contributed by atoms with van der Waals surface area (Å²) in [5, 5.41) is 11.3. The molecule has 0 saturated heterocycles. The van der Waals surface area contributed by atoms with Crippen LogP contribution in [0.15, 0.2) is 33.3 Å². The van der Waals surface area contributed by atoms with Crippen molar-refractivity contribution in [1.29, 1.82) is 0 Å². The van der Waals surface area contributed by atoms with Crippen molar-refractivity contribution in [2.24, 2.45) is 0 Å². The zero-order valence-electron chi connectivity index (χ0n) is 11.8. The molecule has 10 heteroatoms. The maximum Gasteiger partial charge on any atom is 0.277 e. The molecule has 1 aromatic rings. The van der Waals surface area contributed by atoms with Crippen LogP contribution in [0.5, 0.6) is 0 Å². The summed E-state index contributed by atoms with van der Waals surface area (Å²) in [4.78, 5) is 24.1. The molecule has 2 amide bonds. The molecule has 23 heavy (non-hydrogen) atoms. The number of nitrogens with zero attached hydrogens (tertiary/aromatic N) is 1. The lowest BCUT2D eigenvalue weighted by Gasteiger charge is -2.14. The summed E-state index contributed by atoms with van der Waals surface area (Å²) >= 11 is 3.03. The van der Waals surface area contributed by atoms with Gasteiger partial charge in [0.15, 0.2) is 9.84 Å². The molecule has 1 aliphatic heterocycles. The van der Waals surface area contributed by atoms with E-state index in [1.165, 1.54) is 6.07 Å². The van der Waals surface area contributed by atoms with Gasteiger partial charge in [-0.05, 0) is 28.1 Å². The molecule has 0 saturated carbocycles. The molecule has 2 rings (SSSR count). The molecule has 1 aromatic carbocycles. The van der Waals surface area contributed by atoms with Crippen LogP contribution in [0.2, 0.25) is 0 Å². The Balaban J connectivity index is 2.32. The van der Waals surface area contributed by atoms with E-state index in [0.717, 1.165) is 23.3 Å². The molecule has 0 spiro atoms. The zero-order chi connectivity index (χ0) is 17.4. The van der Waals surface area contributed by atoms with Gasteiger partial charge in [-0.3, -0.25) is 14.5 Å². The lowest BCUT2D eigenvalue weighted by Crippen LogP contribution is -2.34. The Morgan fingerprint density at radius 2 is 2.00 bits per heavy atom. The van der Waals surface area contributed by atoms with Crippen molar-refractivity contribution >= 4 is 43.3 Å². The Morgan fingerprint density at radius 1 is 1.35 bits per heavy atom. The molecular weight excluding hydrogens is 395 g/mol. The SMILES string of the molecule is CS(=O)(=O)c1cc(F)c(NC2=CC(=O)N(CCO)C2=O)cc1Br. The van der Waals surface area contributed by atoms with E-state index in [-0.39, 0.29) is 33.9 Å². The van der Waals surface area contributed by atoms with Crippen LogP contribution in [0.1, 0.15) is 0 Å². The van der Waals surface area contributed by atoms with Gasteiger partial charge in [-0.15, -0.1) is 0 Å². The number of anilines is 1. The molecular formula is C13H12BrFN2O5S. The molecule has 0 bridgehead atoms. The third-order valence-corrected chi connectivity index (χ3v) is 5.08. The first-order valence-corrected chi connectivity index (χ1v) is 8.98. The minimum atomic E-state index is -3.62. The molecule has 2 N–H and O–H groups in total. The molecule has 0 fully saturated rings.